The Morgan fingerprint density at radius 3 is 2.54 bits per heavy atom. The topological polar surface area (TPSA) is 63.1 Å². The fourth-order valence-electron chi connectivity index (χ4n) is 4.01. The zero-order valence-electron chi connectivity index (χ0n) is 18.7. The van der Waals surface area contributed by atoms with Crippen LogP contribution in [0.5, 0.6) is 0 Å². The van der Waals surface area contributed by atoms with Gasteiger partial charge in [-0.25, -0.2) is 18.7 Å². The minimum atomic E-state index is -3.75. The second-order valence-electron chi connectivity index (χ2n) is 8.31. The first-order chi connectivity index (χ1) is 16.5. The van der Waals surface area contributed by atoms with Crippen LogP contribution >= 0.6 is 23.2 Å². The van der Waals surface area contributed by atoms with Crippen molar-refractivity contribution in [1.82, 2.24) is 19.4 Å². The molecule has 1 aliphatic heterocycles. The third-order valence-corrected chi connectivity index (χ3v) is 6.59. The van der Waals surface area contributed by atoms with Crippen molar-refractivity contribution >= 4 is 34.9 Å². The fraction of sp³-hybridized carbons (Fsp3) is 0.348. The number of aryl methyl sites for hydroxylation is 2. The minimum Gasteiger partial charge on any atom is -0.365 e. The summed E-state index contributed by atoms with van der Waals surface area (Å²) in [7, 11) is 1.49. The molecule has 12 heteroatoms. The van der Waals surface area contributed by atoms with Crippen LogP contribution in [0.2, 0.25) is 10.0 Å². The highest BCUT2D eigenvalue weighted by Crippen LogP contribution is 2.35. The molecule has 1 N–H and O–H groups in total. The lowest BCUT2D eigenvalue weighted by Gasteiger charge is -2.24. The Hall–Kier alpha value is -2.85. The number of pyridine rings is 1. The molecule has 2 aromatic heterocycles. The van der Waals surface area contributed by atoms with E-state index in [2.05, 4.69) is 15.3 Å². The number of aromatic nitrogens is 3. The number of anilines is 1. The maximum atomic E-state index is 14.8. The largest absolute Gasteiger partial charge is 0.365 e. The van der Waals surface area contributed by atoms with Crippen LogP contribution in [0.3, 0.4) is 0 Å². The second kappa shape index (κ2) is 9.66. The molecule has 0 unspecified atom stereocenters. The minimum absolute atomic E-state index is 0.0568. The van der Waals surface area contributed by atoms with Crippen LogP contribution in [0.25, 0.3) is 11.3 Å². The van der Waals surface area contributed by atoms with Crippen LogP contribution in [0.4, 0.5) is 23.4 Å². The molecule has 1 atom stereocenters. The van der Waals surface area contributed by atoms with E-state index in [0.29, 0.717) is 29.2 Å². The van der Waals surface area contributed by atoms with E-state index in [9.17, 15) is 22.4 Å². The molecule has 0 saturated carbocycles. The molecule has 0 bridgehead atoms. The number of benzene rings is 1. The number of hydrogen-bond donors (Lipinski definition) is 1. The number of halogens is 6. The van der Waals surface area contributed by atoms with E-state index < -0.39 is 23.8 Å². The van der Waals surface area contributed by atoms with Crippen molar-refractivity contribution in [3.05, 3.63) is 63.7 Å². The van der Waals surface area contributed by atoms with E-state index in [4.69, 9.17) is 23.2 Å². The molecule has 3 heterocycles. The van der Waals surface area contributed by atoms with Gasteiger partial charge in [-0.2, -0.15) is 8.78 Å². The molecule has 6 nitrogen and oxygen atoms in total. The molecular formula is C23H21Cl2F4N5O. The predicted octanol–water partition coefficient (Wildman–Crippen LogP) is 5.84. The Bertz CT molecular complexity index is 1270. The molecule has 3 aromatic rings. The summed E-state index contributed by atoms with van der Waals surface area (Å²) in [6.45, 7) is 1.94. The lowest BCUT2D eigenvalue weighted by atomic mass is 10.1. The van der Waals surface area contributed by atoms with Crippen LogP contribution < -0.4 is 5.32 Å². The molecule has 1 aromatic carbocycles. The molecule has 0 spiro atoms. The number of imidazole rings is 1. The average molecular weight is 530 g/mol. The van der Waals surface area contributed by atoms with Crippen molar-refractivity contribution < 1.29 is 22.4 Å². The van der Waals surface area contributed by atoms with Gasteiger partial charge < -0.3 is 14.8 Å². The van der Waals surface area contributed by atoms with Gasteiger partial charge in [0.1, 0.15) is 5.82 Å². The summed E-state index contributed by atoms with van der Waals surface area (Å²) in [5, 5.41) is 3.22. The van der Waals surface area contributed by atoms with Gasteiger partial charge in [0.05, 0.1) is 15.7 Å². The number of hydrogen-bond acceptors (Lipinski definition) is 4. The van der Waals surface area contributed by atoms with E-state index in [-0.39, 0.29) is 35.0 Å². The molecule has 35 heavy (non-hydrogen) atoms. The second-order valence-corrected chi connectivity index (χ2v) is 9.12. The summed E-state index contributed by atoms with van der Waals surface area (Å²) in [5.74, 6) is -4.93. The van der Waals surface area contributed by atoms with Crippen LogP contribution in [-0.4, -0.2) is 44.5 Å². The Labute approximate surface area is 208 Å². The van der Waals surface area contributed by atoms with E-state index in [0.717, 1.165) is 17.0 Å². The summed E-state index contributed by atoms with van der Waals surface area (Å²) >= 11 is 11.6. The smallest absolute Gasteiger partial charge is 0.350 e. The van der Waals surface area contributed by atoms with E-state index in [1.165, 1.54) is 23.9 Å². The quantitative estimate of drug-likeness (QED) is 0.407. The number of nitrogens with one attached hydrogen (secondary N) is 1. The first-order valence-electron chi connectivity index (χ1n) is 10.7. The number of carbonyl (C=O) groups is 1. The van der Waals surface area contributed by atoms with Crippen LogP contribution in [0.15, 0.2) is 36.5 Å². The molecule has 1 aliphatic rings. The summed E-state index contributed by atoms with van der Waals surface area (Å²) < 4.78 is 57.0. The van der Waals surface area contributed by atoms with Crippen molar-refractivity contribution in [3.63, 3.8) is 0 Å². The highest BCUT2D eigenvalue weighted by Gasteiger charge is 2.46. The van der Waals surface area contributed by atoms with Crippen molar-refractivity contribution in [2.45, 2.75) is 31.7 Å². The summed E-state index contributed by atoms with van der Waals surface area (Å²) in [6, 6.07) is 6.38. The number of rotatable bonds is 6. The first kappa shape index (κ1) is 25.2. The molecule has 1 amide bonds. The number of amides is 1. The number of nitrogens with zero attached hydrogens (tertiary/aromatic N) is 4. The normalized spacial score (nSPS) is 16.3. The van der Waals surface area contributed by atoms with Gasteiger partial charge in [-0.15, -0.1) is 0 Å². The number of carbonyl (C=O) groups excluding carboxylic acids is 1. The van der Waals surface area contributed by atoms with E-state index in [1.807, 2.05) is 0 Å². The average Bonchev–Trinajstić information content (AvgIpc) is 3.41. The van der Waals surface area contributed by atoms with Gasteiger partial charge in [0.25, 0.3) is 12.3 Å². The predicted molar refractivity (Wildman–Crippen MR) is 125 cm³/mol. The van der Waals surface area contributed by atoms with E-state index in [1.54, 1.807) is 19.1 Å². The van der Waals surface area contributed by atoms with Gasteiger partial charge in [-0.1, -0.05) is 29.3 Å². The molecule has 186 valence electrons. The summed E-state index contributed by atoms with van der Waals surface area (Å²) in [5.41, 5.74) is 1.01. The lowest BCUT2D eigenvalue weighted by molar-refractivity contribution is -0.157. The van der Waals surface area contributed by atoms with Crippen LogP contribution in [0, 0.1) is 6.92 Å². The Kier molecular flexibility index (Phi) is 6.97. The number of likely N-dealkylation sites (tertiary alicyclic amines) is 1. The highest BCUT2D eigenvalue weighted by molar-refractivity contribution is 6.42. The van der Waals surface area contributed by atoms with Crippen LogP contribution in [-0.2, 0) is 17.8 Å². The molecule has 0 aliphatic carbocycles. The Balaban J connectivity index is 1.43. The highest BCUT2D eigenvalue weighted by atomic mass is 35.5. The number of alkyl halides is 4. The first-order valence-corrected chi connectivity index (χ1v) is 11.4. The maximum Gasteiger partial charge on any atom is 0.350 e. The van der Waals surface area contributed by atoms with E-state index >= 15 is 0 Å². The van der Waals surface area contributed by atoms with Gasteiger partial charge in [0.15, 0.2) is 5.82 Å². The SMILES string of the molecule is Cc1nc(N[C@H]2CCN(C(=O)C(F)(F)c3ccc(Cl)c(Cl)c3)C2)ccc1-c1cn(C)c(C(F)F)n1. The standard InChI is InChI=1S/C23H21Cl2F4N5O/c1-12-15(18-11-33(2)21(32-18)20(26)27)4-6-19(30-12)31-14-7-8-34(10-14)22(35)23(28,29)13-3-5-16(24)17(25)9-13/h3-6,9,11,14,20H,7-8,10H2,1-2H3,(H,30,31)/t14-/m0/s1. The van der Waals surface area contributed by atoms with Crippen molar-refractivity contribution in [2.75, 3.05) is 18.4 Å². The van der Waals surface area contributed by atoms with Crippen molar-refractivity contribution in [2.24, 2.45) is 7.05 Å². The molecular weight excluding hydrogens is 509 g/mol. The third-order valence-electron chi connectivity index (χ3n) is 5.85. The van der Waals surface area contributed by atoms with Gasteiger partial charge >= 0.3 is 5.92 Å². The van der Waals surface area contributed by atoms with Gasteiger partial charge in [0.2, 0.25) is 0 Å². The van der Waals surface area contributed by atoms with Crippen molar-refractivity contribution in [3.8, 4) is 11.3 Å². The lowest BCUT2D eigenvalue weighted by Crippen LogP contribution is -2.41. The Morgan fingerprint density at radius 2 is 1.91 bits per heavy atom. The molecule has 4 rings (SSSR count). The van der Waals surface area contributed by atoms with Gasteiger partial charge in [-0.05, 0) is 37.6 Å². The van der Waals surface area contributed by atoms with Crippen LogP contribution in [0.1, 0.15) is 29.9 Å². The van der Waals surface area contributed by atoms with Gasteiger partial charge in [-0.3, -0.25) is 4.79 Å². The summed E-state index contributed by atoms with van der Waals surface area (Å²) in [6.07, 6.45) is -0.739. The Morgan fingerprint density at radius 1 is 1.17 bits per heavy atom. The van der Waals surface area contributed by atoms with Crippen molar-refractivity contribution in [1.29, 1.82) is 0 Å². The molecule has 0 radical (unpaired) electrons. The zero-order chi connectivity index (χ0) is 25.5. The van der Waals surface area contributed by atoms with Gasteiger partial charge in [0, 0.05) is 49.2 Å². The third kappa shape index (κ3) is 5.08. The molecule has 1 saturated heterocycles. The summed E-state index contributed by atoms with van der Waals surface area (Å²) in [4.78, 5) is 22.1. The maximum absolute atomic E-state index is 14.8. The zero-order valence-corrected chi connectivity index (χ0v) is 20.2. The fourth-order valence-corrected chi connectivity index (χ4v) is 4.31. The monoisotopic (exact) mass is 529 g/mol. The molecule has 1 fully saturated rings.